The summed E-state index contributed by atoms with van der Waals surface area (Å²) in [7, 11) is 0. The first-order chi connectivity index (χ1) is 12.4. The molecule has 4 rings (SSSR count). The fourth-order valence-electron chi connectivity index (χ4n) is 3.37. The number of halogens is 3. The van der Waals surface area contributed by atoms with E-state index in [0.29, 0.717) is 24.0 Å². The standard InChI is InChI=1S/C15H15F3N6O2/c16-15(17,18)7-26-14(25)21-8-1-2-9(5-8)24-12-10-3-4-19-13(10)20-6-11(12)22-23-24/h3-4,6,8-9,23H,1-2,5,7H2,(H,21,25). The number of aromatic amines is 1. The van der Waals surface area contributed by atoms with Gasteiger partial charge < -0.3 is 10.1 Å². The number of amides is 1. The molecule has 0 saturated heterocycles. The fraction of sp³-hybridized carbons (Fsp3) is 0.467. The fourth-order valence-corrected chi connectivity index (χ4v) is 3.37. The van der Waals surface area contributed by atoms with Crippen LogP contribution in [0.4, 0.5) is 18.0 Å². The van der Waals surface area contributed by atoms with Crippen LogP contribution in [0.3, 0.4) is 0 Å². The van der Waals surface area contributed by atoms with Gasteiger partial charge in [-0.3, -0.25) is 4.68 Å². The Morgan fingerprint density at radius 3 is 3.04 bits per heavy atom. The first-order valence-corrected chi connectivity index (χ1v) is 8.07. The zero-order valence-corrected chi connectivity index (χ0v) is 13.5. The van der Waals surface area contributed by atoms with Crippen LogP contribution in [0.15, 0.2) is 18.5 Å². The van der Waals surface area contributed by atoms with Crippen LogP contribution in [0.5, 0.6) is 0 Å². The number of H-pyrrole nitrogens is 1. The van der Waals surface area contributed by atoms with Gasteiger partial charge in [-0.05, 0) is 25.3 Å². The first-order valence-electron chi connectivity index (χ1n) is 8.07. The second kappa shape index (κ2) is 6.15. The van der Waals surface area contributed by atoms with E-state index >= 15 is 0 Å². The molecule has 1 fully saturated rings. The summed E-state index contributed by atoms with van der Waals surface area (Å²) in [5, 5.41) is 10.6. The number of hydrogen-bond donors (Lipinski definition) is 2. The lowest BCUT2D eigenvalue weighted by molar-refractivity contribution is -0.160. The second-order valence-corrected chi connectivity index (χ2v) is 6.26. The summed E-state index contributed by atoms with van der Waals surface area (Å²) in [4.78, 5) is 19.9. The number of carbonyl (C=O) groups is 1. The van der Waals surface area contributed by atoms with Crippen molar-refractivity contribution >= 4 is 28.2 Å². The molecule has 3 aromatic heterocycles. The van der Waals surface area contributed by atoms with Crippen LogP contribution in [0.1, 0.15) is 25.3 Å². The Bertz CT molecular complexity index is 950. The summed E-state index contributed by atoms with van der Waals surface area (Å²) in [5.41, 5.74) is 2.19. The van der Waals surface area contributed by atoms with E-state index in [4.69, 9.17) is 0 Å². The van der Waals surface area contributed by atoms with Crippen LogP contribution < -0.4 is 5.32 Å². The summed E-state index contributed by atoms with van der Waals surface area (Å²) in [6.07, 6.45) is -0.356. The molecule has 1 amide bonds. The van der Waals surface area contributed by atoms with Gasteiger partial charge in [0.25, 0.3) is 0 Å². The number of carbonyl (C=O) groups excluding carboxylic acids is 1. The summed E-state index contributed by atoms with van der Waals surface area (Å²) >= 11 is 0. The minimum atomic E-state index is -4.53. The monoisotopic (exact) mass is 368 g/mol. The van der Waals surface area contributed by atoms with Gasteiger partial charge in [0.15, 0.2) is 12.3 Å². The van der Waals surface area contributed by atoms with Gasteiger partial charge in [0.1, 0.15) is 5.52 Å². The highest BCUT2D eigenvalue weighted by Crippen LogP contribution is 2.33. The molecule has 0 aromatic carbocycles. The van der Waals surface area contributed by atoms with Crippen LogP contribution in [-0.4, -0.2) is 49.9 Å². The SMILES string of the molecule is O=C(NC1CCC(n2[nH]nc3cnc4nccc4c32)C1)OCC(F)(F)F. The molecule has 1 saturated carbocycles. The van der Waals surface area contributed by atoms with E-state index in [0.717, 1.165) is 17.3 Å². The summed E-state index contributed by atoms with van der Waals surface area (Å²) in [5.74, 6) is 0. The largest absolute Gasteiger partial charge is 0.440 e. The van der Waals surface area contributed by atoms with Crippen molar-refractivity contribution < 1.29 is 22.7 Å². The lowest BCUT2D eigenvalue weighted by Gasteiger charge is -2.15. The van der Waals surface area contributed by atoms with E-state index < -0.39 is 18.9 Å². The van der Waals surface area contributed by atoms with Gasteiger partial charge in [-0.2, -0.15) is 18.3 Å². The highest BCUT2D eigenvalue weighted by atomic mass is 19.4. The van der Waals surface area contributed by atoms with Crippen molar-refractivity contribution in [3.63, 3.8) is 0 Å². The number of aromatic nitrogens is 5. The number of pyridine rings is 1. The predicted octanol–water partition coefficient (Wildman–Crippen LogP) is 2.69. The van der Waals surface area contributed by atoms with Gasteiger partial charge in [-0.15, -0.1) is 0 Å². The maximum atomic E-state index is 12.1. The summed E-state index contributed by atoms with van der Waals surface area (Å²) in [6.45, 7) is -1.59. The van der Waals surface area contributed by atoms with Gasteiger partial charge in [0.05, 0.1) is 17.8 Å². The van der Waals surface area contributed by atoms with Crippen molar-refractivity contribution in [2.75, 3.05) is 6.61 Å². The van der Waals surface area contributed by atoms with E-state index in [9.17, 15) is 18.0 Å². The highest BCUT2D eigenvalue weighted by molar-refractivity contribution is 6.00. The van der Waals surface area contributed by atoms with Crippen LogP contribution in [0, 0.1) is 0 Å². The van der Waals surface area contributed by atoms with Crippen LogP contribution >= 0.6 is 0 Å². The number of rotatable bonds is 3. The number of nitrogens with one attached hydrogen (secondary N) is 2. The molecule has 0 aliphatic heterocycles. The minimum Gasteiger partial charge on any atom is -0.440 e. The van der Waals surface area contributed by atoms with Gasteiger partial charge >= 0.3 is 12.3 Å². The van der Waals surface area contributed by atoms with Gasteiger partial charge in [-0.25, -0.2) is 20.0 Å². The molecule has 2 unspecified atom stereocenters. The number of hydrogen-bond acceptors (Lipinski definition) is 5. The van der Waals surface area contributed by atoms with E-state index in [2.05, 4.69) is 30.3 Å². The molecule has 1 aliphatic carbocycles. The molecule has 138 valence electrons. The van der Waals surface area contributed by atoms with Crippen molar-refractivity contribution in [3.05, 3.63) is 18.5 Å². The molecule has 2 N–H and O–H groups in total. The zero-order valence-electron chi connectivity index (χ0n) is 13.5. The van der Waals surface area contributed by atoms with Gasteiger partial charge in [0, 0.05) is 17.6 Å². The Morgan fingerprint density at radius 2 is 2.23 bits per heavy atom. The minimum absolute atomic E-state index is 0.0217. The number of alkyl halides is 3. The number of fused-ring (bicyclic) bond motifs is 3. The Balaban J connectivity index is 1.47. The molecule has 1 aliphatic rings. The smallest absolute Gasteiger partial charge is 0.422 e. The third-order valence-corrected chi connectivity index (χ3v) is 4.46. The molecule has 11 heteroatoms. The van der Waals surface area contributed by atoms with Crippen LogP contribution in [-0.2, 0) is 4.74 Å². The average molecular weight is 368 g/mol. The molecular formula is C15H15F3N6O2. The Hall–Kier alpha value is -2.85. The third kappa shape index (κ3) is 3.16. The number of nitrogens with zero attached hydrogens (tertiary/aromatic N) is 4. The molecular weight excluding hydrogens is 353 g/mol. The summed E-state index contributed by atoms with van der Waals surface area (Å²) < 4.78 is 42.4. The van der Waals surface area contributed by atoms with Crippen LogP contribution in [0.2, 0.25) is 0 Å². The van der Waals surface area contributed by atoms with E-state index in [1.807, 2.05) is 10.7 Å². The molecule has 0 radical (unpaired) electrons. The maximum Gasteiger partial charge on any atom is 0.422 e. The predicted molar refractivity (Wildman–Crippen MR) is 84.4 cm³/mol. The Labute approximate surface area is 144 Å². The third-order valence-electron chi connectivity index (χ3n) is 4.46. The second-order valence-electron chi connectivity index (χ2n) is 6.26. The lowest BCUT2D eigenvalue weighted by Crippen LogP contribution is -2.35. The normalized spacial score (nSPS) is 20.7. The van der Waals surface area contributed by atoms with Crippen molar-refractivity contribution in [1.29, 1.82) is 0 Å². The number of ether oxygens (including phenoxy) is 1. The Morgan fingerprint density at radius 1 is 1.38 bits per heavy atom. The molecule has 0 spiro atoms. The number of alkyl carbamates (subject to hydrolysis) is 1. The Kier molecular flexibility index (Phi) is 3.93. The van der Waals surface area contributed by atoms with Crippen molar-refractivity contribution in [2.45, 2.75) is 37.5 Å². The van der Waals surface area contributed by atoms with Crippen LogP contribution in [0.25, 0.3) is 22.1 Å². The van der Waals surface area contributed by atoms with Crippen molar-refractivity contribution in [3.8, 4) is 0 Å². The maximum absolute atomic E-state index is 12.1. The van der Waals surface area contributed by atoms with E-state index in [-0.39, 0.29) is 12.1 Å². The molecule has 2 atom stereocenters. The van der Waals surface area contributed by atoms with Gasteiger partial charge in [-0.1, -0.05) is 0 Å². The topological polar surface area (TPSA) is 97.7 Å². The molecule has 8 nitrogen and oxygen atoms in total. The van der Waals surface area contributed by atoms with Gasteiger partial charge in [0.2, 0.25) is 0 Å². The summed E-state index contributed by atoms with van der Waals surface area (Å²) in [6, 6.07) is 1.62. The van der Waals surface area contributed by atoms with Crippen molar-refractivity contribution in [1.82, 2.24) is 30.3 Å². The van der Waals surface area contributed by atoms with Crippen molar-refractivity contribution in [2.24, 2.45) is 0 Å². The molecule has 3 aromatic rings. The lowest BCUT2D eigenvalue weighted by atomic mass is 10.2. The quantitative estimate of drug-likeness (QED) is 0.741. The average Bonchev–Trinajstić information content (AvgIpc) is 3.29. The van der Waals surface area contributed by atoms with E-state index in [1.54, 1.807) is 12.4 Å². The molecule has 3 heterocycles. The molecule has 26 heavy (non-hydrogen) atoms. The van der Waals surface area contributed by atoms with E-state index in [1.165, 1.54) is 0 Å². The molecule has 0 bridgehead atoms. The zero-order chi connectivity index (χ0) is 18.3. The highest BCUT2D eigenvalue weighted by Gasteiger charge is 2.32. The first kappa shape index (κ1) is 16.6.